The molecule has 25 heavy (non-hydrogen) atoms. The minimum absolute atomic E-state index is 0.00195. The number of ether oxygens (including phenoxy) is 1. The summed E-state index contributed by atoms with van der Waals surface area (Å²) in [6, 6.07) is 2.15. The SMILES string of the molecule is CCOC(=O)CCc1cc(-n2nc(C)n(C(F)F)c2=O)c(F)cc1Cl. The van der Waals surface area contributed by atoms with E-state index in [4.69, 9.17) is 16.3 Å². The van der Waals surface area contributed by atoms with E-state index in [9.17, 15) is 22.8 Å². The van der Waals surface area contributed by atoms with Crippen LogP contribution in [0, 0.1) is 12.7 Å². The van der Waals surface area contributed by atoms with Gasteiger partial charge in [0, 0.05) is 11.4 Å². The number of aryl methyl sites for hydroxylation is 2. The van der Waals surface area contributed by atoms with Crippen LogP contribution in [0.5, 0.6) is 0 Å². The first-order valence-electron chi connectivity index (χ1n) is 7.36. The number of carbonyl (C=O) groups excluding carboxylic acids is 1. The molecule has 0 aliphatic carbocycles. The topological polar surface area (TPSA) is 66.1 Å². The lowest BCUT2D eigenvalue weighted by Crippen LogP contribution is -2.25. The van der Waals surface area contributed by atoms with E-state index in [1.54, 1.807) is 6.92 Å². The molecule has 2 rings (SSSR count). The first kappa shape index (κ1) is 19.0. The number of hydrogen-bond donors (Lipinski definition) is 0. The van der Waals surface area contributed by atoms with Crippen molar-refractivity contribution in [1.82, 2.24) is 14.3 Å². The van der Waals surface area contributed by atoms with Gasteiger partial charge in [-0.05, 0) is 38.0 Å². The Bertz CT molecular complexity index is 849. The minimum Gasteiger partial charge on any atom is -0.466 e. The van der Waals surface area contributed by atoms with Gasteiger partial charge in [-0.3, -0.25) is 4.79 Å². The quantitative estimate of drug-likeness (QED) is 0.726. The molecule has 0 saturated carbocycles. The molecule has 10 heteroatoms. The van der Waals surface area contributed by atoms with Gasteiger partial charge in [0.1, 0.15) is 11.5 Å². The Hall–Kier alpha value is -2.29. The average molecular weight is 378 g/mol. The van der Waals surface area contributed by atoms with Crippen molar-refractivity contribution >= 4 is 17.6 Å². The number of rotatable bonds is 6. The highest BCUT2D eigenvalue weighted by Crippen LogP contribution is 2.24. The zero-order chi connectivity index (χ0) is 18.7. The van der Waals surface area contributed by atoms with Crippen LogP contribution in [0.15, 0.2) is 16.9 Å². The van der Waals surface area contributed by atoms with E-state index in [1.807, 2.05) is 0 Å². The first-order valence-corrected chi connectivity index (χ1v) is 7.74. The van der Waals surface area contributed by atoms with Gasteiger partial charge < -0.3 is 4.74 Å². The van der Waals surface area contributed by atoms with E-state index >= 15 is 0 Å². The smallest absolute Gasteiger partial charge is 0.355 e. The number of alkyl halides is 2. The number of aromatic nitrogens is 3. The van der Waals surface area contributed by atoms with Crippen molar-refractivity contribution in [3.63, 3.8) is 0 Å². The molecule has 2 aromatic rings. The van der Waals surface area contributed by atoms with Crippen LogP contribution in [-0.2, 0) is 16.0 Å². The summed E-state index contributed by atoms with van der Waals surface area (Å²) in [6.07, 6.45) is 0.131. The Morgan fingerprint density at radius 1 is 1.40 bits per heavy atom. The molecule has 0 saturated heterocycles. The third-order valence-corrected chi connectivity index (χ3v) is 3.78. The maximum atomic E-state index is 14.2. The molecule has 1 heterocycles. The van der Waals surface area contributed by atoms with Gasteiger partial charge in [-0.1, -0.05) is 11.6 Å². The predicted octanol–water partition coefficient (Wildman–Crippen LogP) is 3.03. The monoisotopic (exact) mass is 377 g/mol. The normalized spacial score (nSPS) is 11.2. The van der Waals surface area contributed by atoms with E-state index < -0.39 is 24.0 Å². The second kappa shape index (κ2) is 7.73. The summed E-state index contributed by atoms with van der Waals surface area (Å²) in [5.41, 5.74) is -1.14. The van der Waals surface area contributed by atoms with Crippen LogP contribution in [0.1, 0.15) is 31.3 Å². The summed E-state index contributed by atoms with van der Waals surface area (Å²) in [5.74, 6) is -1.62. The number of nitrogens with zero attached hydrogens (tertiary/aromatic N) is 3. The van der Waals surface area contributed by atoms with Gasteiger partial charge in [0.05, 0.1) is 6.61 Å². The lowest BCUT2D eigenvalue weighted by Gasteiger charge is -2.09. The summed E-state index contributed by atoms with van der Waals surface area (Å²) in [5, 5.41) is 3.72. The summed E-state index contributed by atoms with van der Waals surface area (Å²) in [4.78, 5) is 23.5. The Balaban J connectivity index is 2.43. The van der Waals surface area contributed by atoms with Gasteiger partial charge in [0.15, 0.2) is 5.82 Å². The maximum absolute atomic E-state index is 14.2. The van der Waals surface area contributed by atoms with Crippen molar-refractivity contribution in [2.45, 2.75) is 33.2 Å². The van der Waals surface area contributed by atoms with E-state index in [1.165, 1.54) is 13.0 Å². The molecule has 0 aliphatic rings. The number of benzene rings is 1. The van der Waals surface area contributed by atoms with Gasteiger partial charge in [0.25, 0.3) is 0 Å². The first-order chi connectivity index (χ1) is 11.8. The van der Waals surface area contributed by atoms with Crippen LogP contribution in [-0.4, -0.2) is 26.9 Å². The molecule has 1 aromatic heterocycles. The fourth-order valence-corrected chi connectivity index (χ4v) is 2.51. The molecular weight excluding hydrogens is 363 g/mol. The van der Waals surface area contributed by atoms with Gasteiger partial charge in [0.2, 0.25) is 0 Å². The molecule has 1 aromatic carbocycles. The van der Waals surface area contributed by atoms with Crippen molar-refractivity contribution in [1.29, 1.82) is 0 Å². The van der Waals surface area contributed by atoms with Crippen molar-refractivity contribution in [3.8, 4) is 5.69 Å². The van der Waals surface area contributed by atoms with Gasteiger partial charge in [-0.2, -0.15) is 13.5 Å². The number of hydrogen-bond acceptors (Lipinski definition) is 4. The van der Waals surface area contributed by atoms with Crippen LogP contribution in [0.25, 0.3) is 5.69 Å². The Kier molecular flexibility index (Phi) is 5.89. The van der Waals surface area contributed by atoms with Gasteiger partial charge in [-0.25, -0.2) is 13.8 Å². The molecule has 0 bridgehead atoms. The highest BCUT2D eigenvalue weighted by Gasteiger charge is 2.21. The summed E-state index contributed by atoms with van der Waals surface area (Å²) in [6.45, 7) is -0.00458. The van der Waals surface area contributed by atoms with Crippen molar-refractivity contribution < 1.29 is 22.7 Å². The molecule has 0 fully saturated rings. The van der Waals surface area contributed by atoms with Crippen molar-refractivity contribution in [2.75, 3.05) is 6.61 Å². The Morgan fingerprint density at radius 2 is 2.08 bits per heavy atom. The number of esters is 1. The maximum Gasteiger partial charge on any atom is 0.355 e. The lowest BCUT2D eigenvalue weighted by atomic mass is 10.1. The fourth-order valence-electron chi connectivity index (χ4n) is 2.26. The number of carbonyl (C=O) groups is 1. The third-order valence-electron chi connectivity index (χ3n) is 3.42. The standard InChI is InChI=1S/C15H15ClF3N3O3/c1-3-25-13(23)5-4-9-6-12(11(17)7-10(9)16)22-15(24)21(14(18)19)8(2)20-22/h6-7,14H,3-5H2,1-2H3. The number of halogens is 4. The predicted molar refractivity (Wildman–Crippen MR) is 83.7 cm³/mol. The summed E-state index contributed by atoms with van der Waals surface area (Å²) in [7, 11) is 0. The van der Waals surface area contributed by atoms with Crippen molar-refractivity contribution in [3.05, 3.63) is 44.8 Å². The molecule has 6 nitrogen and oxygen atoms in total. The molecule has 0 unspecified atom stereocenters. The third kappa shape index (κ3) is 4.04. The molecule has 136 valence electrons. The van der Waals surface area contributed by atoms with Crippen LogP contribution >= 0.6 is 11.6 Å². The van der Waals surface area contributed by atoms with E-state index in [0.717, 1.165) is 6.07 Å². The van der Waals surface area contributed by atoms with Crippen LogP contribution in [0.3, 0.4) is 0 Å². The Morgan fingerprint density at radius 3 is 2.64 bits per heavy atom. The molecule has 0 aliphatic heterocycles. The lowest BCUT2D eigenvalue weighted by molar-refractivity contribution is -0.143. The van der Waals surface area contributed by atoms with Gasteiger partial charge in [-0.15, -0.1) is 5.10 Å². The van der Waals surface area contributed by atoms with Crippen molar-refractivity contribution in [2.24, 2.45) is 0 Å². The second-order valence-corrected chi connectivity index (χ2v) is 5.50. The Labute approximate surface area is 145 Å². The molecule has 0 atom stereocenters. The molecular formula is C15H15ClF3N3O3. The summed E-state index contributed by atoms with van der Waals surface area (Å²) < 4.78 is 45.4. The van der Waals surface area contributed by atoms with Crippen LogP contribution in [0.4, 0.5) is 13.2 Å². The van der Waals surface area contributed by atoms with Crippen LogP contribution in [0.2, 0.25) is 5.02 Å². The highest BCUT2D eigenvalue weighted by molar-refractivity contribution is 6.31. The molecule has 0 spiro atoms. The van der Waals surface area contributed by atoms with E-state index in [0.29, 0.717) is 10.2 Å². The second-order valence-electron chi connectivity index (χ2n) is 5.09. The largest absolute Gasteiger partial charge is 0.466 e. The fraction of sp³-hybridized carbons (Fsp3) is 0.400. The van der Waals surface area contributed by atoms with E-state index in [2.05, 4.69) is 5.10 Å². The van der Waals surface area contributed by atoms with Crippen LogP contribution < -0.4 is 5.69 Å². The molecule has 0 radical (unpaired) electrons. The summed E-state index contributed by atoms with van der Waals surface area (Å²) >= 11 is 5.95. The zero-order valence-electron chi connectivity index (χ0n) is 13.4. The molecule has 0 amide bonds. The van der Waals surface area contributed by atoms with Gasteiger partial charge >= 0.3 is 18.2 Å². The average Bonchev–Trinajstić information content (AvgIpc) is 2.81. The highest BCUT2D eigenvalue weighted by atomic mass is 35.5. The van der Waals surface area contributed by atoms with E-state index in [-0.39, 0.29) is 40.6 Å². The molecule has 0 N–H and O–H groups in total. The minimum atomic E-state index is -3.10. The zero-order valence-corrected chi connectivity index (χ0v) is 14.2.